The van der Waals surface area contributed by atoms with Crippen molar-refractivity contribution >= 4 is 11.6 Å². The van der Waals surface area contributed by atoms with Crippen LogP contribution in [0.2, 0.25) is 0 Å². The highest BCUT2D eigenvalue weighted by Gasteiger charge is 2.43. The van der Waals surface area contributed by atoms with Gasteiger partial charge in [-0.05, 0) is 31.4 Å². The molecule has 1 aromatic rings. The predicted molar refractivity (Wildman–Crippen MR) is 66.7 cm³/mol. The summed E-state index contributed by atoms with van der Waals surface area (Å²) >= 11 is 0. The molecule has 0 spiro atoms. The van der Waals surface area contributed by atoms with Gasteiger partial charge in [0.15, 0.2) is 11.5 Å². The molecule has 2 aliphatic rings. The van der Waals surface area contributed by atoms with Crippen LogP contribution in [-0.2, 0) is 4.79 Å². The highest BCUT2D eigenvalue weighted by atomic mass is 19.3. The number of benzene rings is 1. The minimum Gasteiger partial charge on any atom is -0.395 e. The summed E-state index contributed by atoms with van der Waals surface area (Å²) in [5.41, 5.74) is 5.93. The summed E-state index contributed by atoms with van der Waals surface area (Å²) in [4.78, 5) is 11.8. The molecule has 1 aliphatic heterocycles. The van der Waals surface area contributed by atoms with Gasteiger partial charge in [-0.15, -0.1) is 8.78 Å². The van der Waals surface area contributed by atoms with Gasteiger partial charge in [-0.1, -0.05) is 0 Å². The fraction of sp³-hybridized carbons (Fsp3) is 0.462. The second-order valence-corrected chi connectivity index (χ2v) is 5.27. The maximum atomic E-state index is 12.9. The van der Waals surface area contributed by atoms with Crippen LogP contribution in [0.15, 0.2) is 18.2 Å². The fourth-order valence-corrected chi connectivity index (χ4v) is 2.36. The number of ether oxygens (including phenoxy) is 2. The number of nitrogens with two attached hydrogens (primary N) is 1. The molecule has 0 bridgehead atoms. The third kappa shape index (κ3) is 2.53. The first-order valence-electron chi connectivity index (χ1n) is 6.34. The molecule has 3 rings (SSSR count). The van der Waals surface area contributed by atoms with Gasteiger partial charge in [0.05, 0.1) is 0 Å². The zero-order chi connectivity index (χ0) is 14.4. The molecule has 0 aromatic heterocycles. The molecular weight excluding hydrogens is 270 g/mol. The summed E-state index contributed by atoms with van der Waals surface area (Å²) in [6.45, 7) is 0. The van der Waals surface area contributed by atoms with E-state index in [9.17, 15) is 13.6 Å². The van der Waals surface area contributed by atoms with Gasteiger partial charge in [0.2, 0.25) is 5.91 Å². The van der Waals surface area contributed by atoms with Crippen molar-refractivity contribution in [1.29, 1.82) is 0 Å². The Balaban J connectivity index is 1.66. The van der Waals surface area contributed by atoms with Crippen LogP contribution >= 0.6 is 0 Å². The number of rotatable bonds is 3. The molecule has 0 unspecified atom stereocenters. The SMILES string of the molecule is NC1(CC(=O)Nc2ccc3c(c2)OC(F)(F)O3)CCC1. The van der Waals surface area contributed by atoms with Crippen LogP contribution in [0.1, 0.15) is 25.7 Å². The van der Waals surface area contributed by atoms with Crippen molar-refractivity contribution in [3.8, 4) is 11.5 Å². The van der Waals surface area contributed by atoms with Crippen LogP contribution in [0, 0.1) is 0 Å². The minimum atomic E-state index is -3.65. The van der Waals surface area contributed by atoms with Crippen LogP contribution < -0.4 is 20.5 Å². The lowest BCUT2D eigenvalue weighted by Gasteiger charge is -2.37. The number of carbonyl (C=O) groups excluding carboxylic acids is 1. The second-order valence-electron chi connectivity index (χ2n) is 5.27. The molecule has 7 heteroatoms. The fourth-order valence-electron chi connectivity index (χ4n) is 2.36. The van der Waals surface area contributed by atoms with Crippen molar-refractivity contribution in [3.05, 3.63) is 18.2 Å². The van der Waals surface area contributed by atoms with Crippen LogP contribution in [-0.4, -0.2) is 17.7 Å². The minimum absolute atomic E-state index is 0.0534. The van der Waals surface area contributed by atoms with E-state index in [-0.39, 0.29) is 23.8 Å². The van der Waals surface area contributed by atoms with Crippen molar-refractivity contribution in [2.45, 2.75) is 37.5 Å². The Kier molecular flexibility index (Phi) is 2.82. The Labute approximate surface area is 114 Å². The van der Waals surface area contributed by atoms with E-state index >= 15 is 0 Å². The third-order valence-corrected chi connectivity index (χ3v) is 3.55. The van der Waals surface area contributed by atoms with Crippen LogP contribution in [0.4, 0.5) is 14.5 Å². The van der Waals surface area contributed by atoms with Crippen molar-refractivity contribution in [2.75, 3.05) is 5.32 Å². The quantitative estimate of drug-likeness (QED) is 0.892. The van der Waals surface area contributed by atoms with E-state index in [1.807, 2.05) is 0 Å². The Hall–Kier alpha value is -1.89. The number of hydrogen-bond acceptors (Lipinski definition) is 4. The molecule has 20 heavy (non-hydrogen) atoms. The topological polar surface area (TPSA) is 73.6 Å². The monoisotopic (exact) mass is 284 g/mol. The average molecular weight is 284 g/mol. The summed E-state index contributed by atoms with van der Waals surface area (Å²) in [5, 5.41) is 2.62. The van der Waals surface area contributed by atoms with E-state index in [1.54, 1.807) is 0 Å². The molecule has 1 amide bonds. The van der Waals surface area contributed by atoms with Gasteiger partial charge in [0.25, 0.3) is 0 Å². The largest absolute Gasteiger partial charge is 0.586 e. The Morgan fingerprint density at radius 3 is 2.65 bits per heavy atom. The molecule has 0 atom stereocenters. The van der Waals surface area contributed by atoms with Crippen molar-refractivity contribution in [2.24, 2.45) is 5.73 Å². The molecule has 1 aromatic carbocycles. The van der Waals surface area contributed by atoms with E-state index in [1.165, 1.54) is 18.2 Å². The average Bonchev–Trinajstić information content (AvgIpc) is 2.60. The van der Waals surface area contributed by atoms with Crippen molar-refractivity contribution < 1.29 is 23.0 Å². The maximum Gasteiger partial charge on any atom is 0.586 e. The Morgan fingerprint density at radius 2 is 2.00 bits per heavy atom. The first kappa shape index (κ1) is 13.1. The predicted octanol–water partition coefficient (Wildman–Crippen LogP) is 2.22. The summed E-state index contributed by atoms with van der Waals surface area (Å²) in [6, 6.07) is 4.11. The molecule has 0 radical (unpaired) electrons. The molecule has 0 saturated heterocycles. The third-order valence-electron chi connectivity index (χ3n) is 3.55. The Morgan fingerprint density at radius 1 is 1.30 bits per heavy atom. The van der Waals surface area contributed by atoms with Crippen LogP contribution in [0.25, 0.3) is 0 Å². The van der Waals surface area contributed by atoms with E-state index in [0.29, 0.717) is 5.69 Å². The molecule has 5 nitrogen and oxygen atoms in total. The van der Waals surface area contributed by atoms with E-state index < -0.39 is 11.8 Å². The van der Waals surface area contributed by atoms with Gasteiger partial charge in [-0.3, -0.25) is 4.79 Å². The molecule has 1 saturated carbocycles. The Bertz CT molecular complexity index is 559. The first-order valence-corrected chi connectivity index (χ1v) is 6.34. The number of hydrogen-bond donors (Lipinski definition) is 2. The van der Waals surface area contributed by atoms with Gasteiger partial charge in [-0.2, -0.15) is 0 Å². The lowest BCUT2D eigenvalue weighted by molar-refractivity contribution is -0.286. The van der Waals surface area contributed by atoms with Gasteiger partial charge in [0.1, 0.15) is 0 Å². The van der Waals surface area contributed by atoms with Crippen LogP contribution in [0.3, 0.4) is 0 Å². The highest BCUT2D eigenvalue weighted by Crippen LogP contribution is 2.42. The van der Waals surface area contributed by atoms with E-state index in [4.69, 9.17) is 5.73 Å². The molecule has 1 heterocycles. The number of alkyl halides is 2. The number of amides is 1. The summed E-state index contributed by atoms with van der Waals surface area (Å²) < 4.78 is 34.3. The van der Waals surface area contributed by atoms with Crippen LogP contribution in [0.5, 0.6) is 11.5 Å². The zero-order valence-corrected chi connectivity index (χ0v) is 10.6. The van der Waals surface area contributed by atoms with E-state index in [0.717, 1.165) is 19.3 Å². The van der Waals surface area contributed by atoms with Gasteiger partial charge in [0, 0.05) is 23.7 Å². The number of anilines is 1. The number of halogens is 2. The maximum absolute atomic E-state index is 12.9. The molecular formula is C13H14F2N2O3. The number of nitrogens with one attached hydrogen (secondary N) is 1. The highest BCUT2D eigenvalue weighted by molar-refractivity contribution is 5.92. The molecule has 108 valence electrons. The zero-order valence-electron chi connectivity index (χ0n) is 10.6. The lowest BCUT2D eigenvalue weighted by atomic mass is 9.75. The van der Waals surface area contributed by atoms with Gasteiger partial charge < -0.3 is 20.5 Å². The molecule has 3 N–H and O–H groups in total. The lowest BCUT2D eigenvalue weighted by Crippen LogP contribution is -2.48. The molecule has 1 aliphatic carbocycles. The van der Waals surface area contributed by atoms with Gasteiger partial charge in [-0.25, -0.2) is 0 Å². The first-order chi connectivity index (χ1) is 9.35. The molecule has 1 fully saturated rings. The van der Waals surface area contributed by atoms with E-state index in [2.05, 4.69) is 14.8 Å². The number of carbonyl (C=O) groups is 1. The van der Waals surface area contributed by atoms with Crippen molar-refractivity contribution in [3.63, 3.8) is 0 Å². The number of fused-ring (bicyclic) bond motifs is 1. The second kappa shape index (κ2) is 4.31. The normalized spacial score (nSPS) is 21.1. The van der Waals surface area contributed by atoms with Crippen molar-refractivity contribution in [1.82, 2.24) is 0 Å². The summed E-state index contributed by atoms with van der Waals surface area (Å²) in [5.74, 6) is -0.390. The summed E-state index contributed by atoms with van der Waals surface area (Å²) in [7, 11) is 0. The van der Waals surface area contributed by atoms with Gasteiger partial charge >= 0.3 is 6.29 Å². The standard InChI is InChI=1S/C13H14F2N2O3/c14-13(15)19-9-3-2-8(6-10(9)20-13)17-11(18)7-12(16)4-1-5-12/h2-3,6H,1,4-5,7,16H2,(H,17,18). The smallest absolute Gasteiger partial charge is 0.395 e. The summed E-state index contributed by atoms with van der Waals surface area (Å²) in [6.07, 6.45) is -0.750.